The zero-order valence-corrected chi connectivity index (χ0v) is 19.9. The van der Waals surface area contributed by atoms with Gasteiger partial charge < -0.3 is 57.8 Å². The third kappa shape index (κ3) is 6.53. The van der Waals surface area contributed by atoms with Crippen LogP contribution in [0.25, 0.3) is 0 Å². The molecule has 0 aromatic carbocycles. The van der Waals surface area contributed by atoms with Crippen LogP contribution in [0.15, 0.2) is 0 Å². The van der Waals surface area contributed by atoms with Crippen LogP contribution in [-0.4, -0.2) is 127 Å². The van der Waals surface area contributed by atoms with Crippen molar-refractivity contribution >= 4 is 91.1 Å². The van der Waals surface area contributed by atoms with Gasteiger partial charge in [0, 0.05) is 0 Å². The first-order valence-electron chi connectivity index (χ1n) is 6.07. The van der Waals surface area contributed by atoms with Crippen molar-refractivity contribution in [3.63, 3.8) is 0 Å². The van der Waals surface area contributed by atoms with E-state index >= 15 is 0 Å². The van der Waals surface area contributed by atoms with Crippen LogP contribution in [0.4, 0.5) is 0 Å². The van der Waals surface area contributed by atoms with E-state index in [2.05, 4.69) is 9.05 Å². The van der Waals surface area contributed by atoms with Crippen molar-refractivity contribution in [1.82, 2.24) is 0 Å². The maximum Gasteiger partial charge on any atom is 2.00 e. The Morgan fingerprint density at radius 2 is 1.20 bits per heavy atom. The fraction of sp³-hybridized carbons (Fsp3) is 1.00. The van der Waals surface area contributed by atoms with Gasteiger partial charge >= 0.3 is 75.5 Å². The van der Waals surface area contributed by atoms with Gasteiger partial charge in [0.05, 0.1) is 22.3 Å². The summed E-state index contributed by atoms with van der Waals surface area (Å²) in [5, 5.41) is 31.0. The van der Waals surface area contributed by atoms with Crippen LogP contribution in [-0.2, 0) is 22.9 Å². The van der Waals surface area contributed by atoms with Crippen molar-refractivity contribution in [3.05, 3.63) is 0 Å². The van der Waals surface area contributed by atoms with Crippen molar-refractivity contribution in [3.8, 4) is 0 Å². The first-order valence-corrected chi connectivity index (χ1v) is 9.00. The van der Waals surface area contributed by atoms with E-state index in [1.165, 1.54) is 0 Å². The van der Waals surface area contributed by atoms with E-state index in [-0.39, 0.29) is 75.5 Å². The van der Waals surface area contributed by atoms with Gasteiger partial charge in [0.15, 0.2) is 0 Å². The van der Waals surface area contributed by atoms with Crippen molar-refractivity contribution in [2.75, 3.05) is 13.2 Å². The zero-order valence-electron chi connectivity index (χ0n) is 13.7. The Kier molecular flexibility index (Phi) is 10.9. The van der Waals surface area contributed by atoms with Gasteiger partial charge in [-0.25, -0.2) is 0 Å². The summed E-state index contributed by atoms with van der Waals surface area (Å²) in [6.07, 6.45) is 0. The predicted octanol–water partition coefficient (Wildman–Crippen LogP) is -5.11. The normalized spacial score (nSPS) is 38.8. The Labute approximate surface area is 203 Å². The van der Waals surface area contributed by atoms with Crippen molar-refractivity contribution in [2.24, 2.45) is 0 Å². The molecular weight excluding hydrogens is 442 g/mol. The zero-order chi connectivity index (χ0) is 18.5. The summed E-state index contributed by atoms with van der Waals surface area (Å²) in [6, 6.07) is 0. The second kappa shape index (κ2) is 9.16. The van der Waals surface area contributed by atoms with Crippen LogP contribution in [0, 0.1) is 0 Å². The van der Waals surface area contributed by atoms with Crippen LogP contribution in [0.3, 0.4) is 0 Å². The summed E-state index contributed by atoms with van der Waals surface area (Å²) >= 11 is 0. The minimum atomic E-state index is -5.55. The Bertz CT molecular complexity index is 511. The van der Waals surface area contributed by atoms with E-state index in [0.717, 1.165) is 20.8 Å². The van der Waals surface area contributed by atoms with Crippen LogP contribution in [0.2, 0.25) is 0 Å². The average Bonchev–Trinajstić information content (AvgIpc) is 2.41. The molecule has 0 spiro atoms. The van der Waals surface area contributed by atoms with Crippen molar-refractivity contribution in [2.45, 2.75) is 43.4 Å². The van der Waals surface area contributed by atoms with Gasteiger partial charge in [0.25, 0.3) is 0 Å². The molecule has 0 aromatic heterocycles. The summed E-state index contributed by atoms with van der Waals surface area (Å²) in [4.78, 5) is 42.2. The molecule has 12 nitrogen and oxygen atoms in total. The van der Waals surface area contributed by atoms with E-state index in [1.807, 2.05) is 0 Å². The number of hydrogen-bond acceptors (Lipinski definition) is 12. The van der Waals surface area contributed by atoms with Gasteiger partial charge in [0.2, 0.25) is 5.79 Å². The topological polar surface area (TPSA) is 215 Å². The smallest absolute Gasteiger partial charge is 0.790 e. The fourth-order valence-electron chi connectivity index (χ4n) is 2.18. The minimum absolute atomic E-state index is 0. The first kappa shape index (κ1) is 29.8. The Hall–Kier alpha value is 2.58. The summed E-state index contributed by atoms with van der Waals surface area (Å²) < 4.78 is 33.9. The molecule has 1 aliphatic heterocycles. The second-order valence-corrected chi connectivity index (χ2v) is 8.01. The number of rotatable bonds is 6. The van der Waals surface area contributed by atoms with E-state index < -0.39 is 51.4 Å². The summed E-state index contributed by atoms with van der Waals surface area (Å²) in [6.45, 7) is 0.250. The molecular formula is C9H16Ca2O12P2. The molecule has 4 atom stereocenters. The van der Waals surface area contributed by atoms with Gasteiger partial charge in [-0.3, -0.25) is 0 Å². The van der Waals surface area contributed by atoms with E-state index in [9.17, 15) is 44.0 Å². The summed E-state index contributed by atoms with van der Waals surface area (Å²) in [7, 11) is -11.0. The molecule has 0 aromatic rings. The molecule has 25 heavy (non-hydrogen) atoms. The number of phosphoric ester groups is 2. The summed E-state index contributed by atoms with van der Waals surface area (Å²) in [5.41, 5.74) is -7.25. The number of hydrogen-bond donors (Lipinski definition) is 3. The number of phosphoric acid groups is 2. The van der Waals surface area contributed by atoms with Crippen LogP contribution in [0.1, 0.15) is 20.8 Å². The molecule has 0 amide bonds. The quantitative estimate of drug-likeness (QED) is 0.252. The van der Waals surface area contributed by atoms with Gasteiger partial charge in [-0.05, 0) is 20.8 Å². The van der Waals surface area contributed by atoms with E-state index in [1.54, 1.807) is 0 Å². The van der Waals surface area contributed by atoms with Crippen LogP contribution < -0.4 is 19.6 Å². The molecule has 1 rings (SSSR count). The molecule has 1 saturated heterocycles. The molecule has 0 saturated carbocycles. The minimum Gasteiger partial charge on any atom is -0.790 e. The van der Waals surface area contributed by atoms with Gasteiger partial charge in [-0.15, -0.1) is 0 Å². The van der Waals surface area contributed by atoms with Gasteiger partial charge in [-0.1, -0.05) is 0 Å². The van der Waals surface area contributed by atoms with E-state index in [0.29, 0.717) is 0 Å². The molecule has 3 N–H and O–H groups in total. The monoisotopic (exact) mass is 458 g/mol. The Morgan fingerprint density at radius 3 is 1.56 bits per heavy atom. The second-order valence-electron chi connectivity index (χ2n) is 5.70. The first-order chi connectivity index (χ1) is 9.87. The Balaban J connectivity index is 0. The predicted molar refractivity (Wildman–Crippen MR) is 74.3 cm³/mol. The molecule has 1 fully saturated rings. The fourth-order valence-corrected chi connectivity index (χ4v) is 2.91. The standard InChI is InChI=1S/C9H20O12P2.2Ca/c1-6(4-19-22(13,14)15)7(2,10)8(3,11)9(12,21-6)5-20-23(16,17)18;;/h10-12H,4-5H2,1-3H3,(H2,13,14,15)(H2,16,17,18);;/q;2*+2/p-4/t6-,7+,8?,9-;;/m1../s1. The van der Waals surface area contributed by atoms with Gasteiger partial charge in [0.1, 0.15) is 23.4 Å². The number of aliphatic hydroxyl groups is 3. The average molecular weight is 458 g/mol. The maximum absolute atomic E-state index is 10.6. The molecule has 16 heteroatoms. The molecule has 138 valence electrons. The molecule has 1 heterocycles. The molecule has 0 bridgehead atoms. The van der Waals surface area contributed by atoms with Crippen molar-refractivity contribution < 1.29 is 57.8 Å². The Morgan fingerprint density at radius 1 is 0.840 bits per heavy atom. The number of ether oxygens (including phenoxy) is 1. The largest absolute Gasteiger partial charge is 2.00 e. The van der Waals surface area contributed by atoms with Crippen LogP contribution >= 0.6 is 15.6 Å². The summed E-state index contributed by atoms with van der Waals surface area (Å²) in [5.74, 6) is -2.92. The third-order valence-electron chi connectivity index (χ3n) is 4.05. The SMILES string of the molecule is CC1(O)[C@@](O)(COP(=O)([O-])[O-])O[C@](C)(COP(=O)([O-])[O-])[C@]1(C)O.[Ca+2].[Ca+2]. The molecule has 1 aliphatic rings. The molecule has 0 radical (unpaired) electrons. The molecule has 1 unspecified atom stereocenters. The molecule has 0 aliphatic carbocycles. The maximum atomic E-state index is 10.6. The third-order valence-corrected chi connectivity index (χ3v) is 4.94. The van der Waals surface area contributed by atoms with E-state index in [4.69, 9.17) is 4.74 Å². The van der Waals surface area contributed by atoms with Gasteiger partial charge in [-0.2, -0.15) is 0 Å². The van der Waals surface area contributed by atoms with Crippen LogP contribution in [0.5, 0.6) is 0 Å². The van der Waals surface area contributed by atoms with Crippen molar-refractivity contribution in [1.29, 1.82) is 0 Å².